The number of para-hydroxylation sites is 1. The first-order valence-corrected chi connectivity index (χ1v) is 14.3. The van der Waals surface area contributed by atoms with Crippen LogP contribution in [0, 0.1) is 10.1 Å². The molecular weight excluding hydrogens is 656 g/mol. The van der Waals surface area contributed by atoms with Crippen molar-refractivity contribution in [2.24, 2.45) is 5.10 Å². The van der Waals surface area contributed by atoms with Crippen molar-refractivity contribution in [3.05, 3.63) is 120 Å². The number of furan rings is 1. The molecule has 0 aliphatic carbocycles. The van der Waals surface area contributed by atoms with Crippen molar-refractivity contribution in [1.82, 2.24) is 9.66 Å². The minimum atomic E-state index is -0.597. The lowest BCUT2D eigenvalue weighted by Gasteiger charge is -2.10. The predicted molar refractivity (Wildman–Crippen MR) is 167 cm³/mol. The Bertz CT molecular complexity index is 2210. The minimum absolute atomic E-state index is 0.000219. The number of aromatic nitrogens is 2. The van der Waals surface area contributed by atoms with Gasteiger partial charge in [0.2, 0.25) is 18.4 Å². The van der Waals surface area contributed by atoms with Gasteiger partial charge in [0.1, 0.15) is 12.2 Å². The number of benzene rings is 4. The molecule has 4 aromatic carbocycles. The number of halogens is 2. The van der Waals surface area contributed by atoms with Gasteiger partial charge < -0.3 is 18.6 Å². The topological polar surface area (TPSA) is 131 Å². The maximum absolute atomic E-state index is 13.6. The standard InChI is InChI=1S/C31H18BrClN4O7/c32-20-6-8-25-19(12-20)13-28(44-25)30-35-23-4-2-1-3-21(23)31(38)36(30)34-14-18-9-22(33)29(24(10-18)37(39)40)41-15-17-5-7-26-27(11-17)43-16-42-26/h1-14H,15-16H2. The van der Waals surface area contributed by atoms with Crippen molar-refractivity contribution < 1.29 is 23.6 Å². The maximum Gasteiger partial charge on any atom is 0.313 e. The van der Waals surface area contributed by atoms with Crippen LogP contribution in [-0.2, 0) is 6.61 Å². The molecule has 0 spiro atoms. The second-order valence-electron chi connectivity index (χ2n) is 9.69. The van der Waals surface area contributed by atoms with Gasteiger partial charge in [-0.2, -0.15) is 9.78 Å². The summed E-state index contributed by atoms with van der Waals surface area (Å²) < 4.78 is 24.5. The minimum Gasteiger partial charge on any atom is -0.481 e. The van der Waals surface area contributed by atoms with Gasteiger partial charge >= 0.3 is 5.69 Å². The Morgan fingerprint density at radius 2 is 1.91 bits per heavy atom. The Kier molecular flexibility index (Phi) is 6.99. The van der Waals surface area contributed by atoms with Gasteiger partial charge in [-0.05, 0) is 60.2 Å². The molecule has 1 aliphatic heterocycles. The van der Waals surface area contributed by atoms with Crippen molar-refractivity contribution in [3.63, 3.8) is 0 Å². The first-order chi connectivity index (χ1) is 21.3. The molecule has 6 aromatic rings. The van der Waals surface area contributed by atoms with E-state index < -0.39 is 10.5 Å². The molecule has 11 nitrogen and oxygen atoms in total. The molecule has 1 aliphatic rings. The van der Waals surface area contributed by atoms with E-state index in [-0.39, 0.29) is 41.2 Å². The summed E-state index contributed by atoms with van der Waals surface area (Å²) >= 11 is 9.93. The summed E-state index contributed by atoms with van der Waals surface area (Å²) in [5, 5.41) is 17.5. The van der Waals surface area contributed by atoms with E-state index in [0.29, 0.717) is 39.3 Å². The predicted octanol–water partition coefficient (Wildman–Crippen LogP) is 7.32. The molecule has 0 bridgehead atoms. The van der Waals surface area contributed by atoms with E-state index in [2.05, 4.69) is 26.0 Å². The fraction of sp³-hybridized carbons (Fsp3) is 0.0645. The van der Waals surface area contributed by atoms with Crippen LogP contribution in [0.1, 0.15) is 11.1 Å². The van der Waals surface area contributed by atoms with Gasteiger partial charge in [0.25, 0.3) is 5.56 Å². The number of rotatable bonds is 7. The molecule has 7 rings (SSSR count). The molecule has 13 heteroatoms. The van der Waals surface area contributed by atoms with E-state index in [9.17, 15) is 14.9 Å². The van der Waals surface area contributed by atoms with Gasteiger partial charge in [-0.3, -0.25) is 14.9 Å². The quantitative estimate of drug-likeness (QED) is 0.0979. The maximum atomic E-state index is 13.6. The zero-order chi connectivity index (χ0) is 30.4. The number of nitrogens with zero attached hydrogens (tertiary/aromatic N) is 4. The van der Waals surface area contributed by atoms with Crippen LogP contribution in [0.15, 0.2) is 97.6 Å². The summed E-state index contributed by atoms with van der Waals surface area (Å²) in [6, 6.07) is 22.1. The second-order valence-corrected chi connectivity index (χ2v) is 11.0. The molecule has 0 atom stereocenters. The molecule has 2 aromatic heterocycles. The number of nitro benzene ring substituents is 1. The van der Waals surface area contributed by atoms with Gasteiger partial charge in [-0.1, -0.05) is 45.7 Å². The fourth-order valence-electron chi connectivity index (χ4n) is 4.78. The lowest BCUT2D eigenvalue weighted by Crippen LogP contribution is -2.20. The van der Waals surface area contributed by atoms with Crippen molar-refractivity contribution in [1.29, 1.82) is 0 Å². The fourth-order valence-corrected chi connectivity index (χ4v) is 5.43. The summed E-state index contributed by atoms with van der Waals surface area (Å²) in [6.45, 7) is 0.124. The zero-order valence-electron chi connectivity index (χ0n) is 22.4. The van der Waals surface area contributed by atoms with Crippen LogP contribution in [0.4, 0.5) is 5.69 Å². The van der Waals surface area contributed by atoms with Crippen LogP contribution in [0.25, 0.3) is 33.5 Å². The molecule has 3 heterocycles. The number of ether oxygens (including phenoxy) is 3. The first kappa shape index (κ1) is 27.6. The van der Waals surface area contributed by atoms with Gasteiger partial charge in [0, 0.05) is 21.5 Å². The summed E-state index contributed by atoms with van der Waals surface area (Å²) in [7, 11) is 0. The SMILES string of the molecule is O=c1c2ccccc2nc(-c2cc3cc(Br)ccc3o2)n1N=Cc1cc(Cl)c(OCc2ccc3c(c2)OCO3)c([N+](=O)[O-])c1. The highest BCUT2D eigenvalue weighted by atomic mass is 79.9. The monoisotopic (exact) mass is 672 g/mol. The molecule has 218 valence electrons. The summed E-state index contributed by atoms with van der Waals surface area (Å²) in [5.74, 6) is 1.53. The highest BCUT2D eigenvalue weighted by Gasteiger charge is 2.22. The van der Waals surface area contributed by atoms with E-state index in [1.165, 1.54) is 18.3 Å². The summed E-state index contributed by atoms with van der Waals surface area (Å²) in [4.78, 5) is 29.7. The molecule has 0 saturated heterocycles. The van der Waals surface area contributed by atoms with Gasteiger partial charge in [-0.25, -0.2) is 4.98 Å². The molecule has 44 heavy (non-hydrogen) atoms. The van der Waals surface area contributed by atoms with Crippen molar-refractivity contribution in [3.8, 4) is 28.8 Å². The van der Waals surface area contributed by atoms with E-state index >= 15 is 0 Å². The van der Waals surface area contributed by atoms with Crippen molar-refractivity contribution >= 4 is 61.3 Å². The van der Waals surface area contributed by atoms with Gasteiger partial charge in [0.05, 0.1) is 27.1 Å². The van der Waals surface area contributed by atoms with E-state index in [1.54, 1.807) is 54.6 Å². The highest BCUT2D eigenvalue weighted by Crippen LogP contribution is 2.38. The van der Waals surface area contributed by atoms with E-state index in [0.717, 1.165) is 14.5 Å². The Hall–Kier alpha value is -5.20. The Labute approximate surface area is 261 Å². The van der Waals surface area contributed by atoms with Crippen molar-refractivity contribution in [2.75, 3.05) is 6.79 Å². The average molecular weight is 674 g/mol. The molecule has 0 N–H and O–H groups in total. The Morgan fingerprint density at radius 3 is 2.77 bits per heavy atom. The zero-order valence-corrected chi connectivity index (χ0v) is 24.7. The first-order valence-electron chi connectivity index (χ1n) is 13.1. The van der Waals surface area contributed by atoms with Crippen LogP contribution < -0.4 is 19.8 Å². The Balaban J connectivity index is 1.26. The number of nitro groups is 1. The molecule has 0 fully saturated rings. The smallest absolute Gasteiger partial charge is 0.313 e. The number of hydrogen-bond acceptors (Lipinski definition) is 9. The molecule has 0 radical (unpaired) electrons. The van der Waals surface area contributed by atoms with Crippen LogP contribution in [0.2, 0.25) is 5.02 Å². The van der Waals surface area contributed by atoms with E-state index in [4.69, 9.17) is 30.2 Å². The number of fused-ring (bicyclic) bond motifs is 3. The number of hydrogen-bond donors (Lipinski definition) is 0. The third kappa shape index (κ3) is 5.14. The second kappa shape index (κ2) is 11.1. The largest absolute Gasteiger partial charge is 0.481 e. The van der Waals surface area contributed by atoms with Gasteiger partial charge in [0.15, 0.2) is 17.3 Å². The van der Waals surface area contributed by atoms with Crippen LogP contribution in [-0.4, -0.2) is 27.6 Å². The normalized spacial score (nSPS) is 12.4. The van der Waals surface area contributed by atoms with Crippen LogP contribution >= 0.6 is 27.5 Å². The van der Waals surface area contributed by atoms with Gasteiger partial charge in [-0.15, -0.1) is 0 Å². The third-order valence-electron chi connectivity index (χ3n) is 6.84. The molecule has 0 saturated carbocycles. The third-order valence-corrected chi connectivity index (χ3v) is 7.61. The molecule has 0 amide bonds. The van der Waals surface area contributed by atoms with Crippen molar-refractivity contribution in [2.45, 2.75) is 6.61 Å². The summed E-state index contributed by atoms with van der Waals surface area (Å²) in [6.07, 6.45) is 1.29. The molecule has 0 unspecified atom stereocenters. The lowest BCUT2D eigenvalue weighted by atomic mass is 10.2. The van der Waals surface area contributed by atoms with E-state index in [1.807, 2.05) is 12.1 Å². The lowest BCUT2D eigenvalue weighted by molar-refractivity contribution is -0.385. The average Bonchev–Trinajstić information content (AvgIpc) is 3.66. The molecular formula is C31H18BrClN4O7. The summed E-state index contributed by atoms with van der Waals surface area (Å²) in [5.41, 5.74) is 1.21. The Morgan fingerprint density at radius 1 is 1.07 bits per heavy atom. The van der Waals surface area contributed by atoms with Crippen LogP contribution in [0.5, 0.6) is 17.2 Å². The highest BCUT2D eigenvalue weighted by molar-refractivity contribution is 9.10. The van der Waals surface area contributed by atoms with Crippen LogP contribution in [0.3, 0.4) is 0 Å².